The summed E-state index contributed by atoms with van der Waals surface area (Å²) in [7, 11) is 0. The van der Waals surface area contributed by atoms with Crippen LogP contribution in [0, 0.1) is 0 Å². The Morgan fingerprint density at radius 2 is 2.30 bits per heavy atom. The van der Waals surface area contributed by atoms with E-state index >= 15 is 0 Å². The third-order valence-corrected chi connectivity index (χ3v) is 3.72. The van der Waals surface area contributed by atoms with Crippen LogP contribution in [0.15, 0.2) is 12.3 Å². The summed E-state index contributed by atoms with van der Waals surface area (Å²) in [6, 6.07) is 0. The number of carbonyl (C=O) groups is 1. The molecule has 1 N–H and O–H groups in total. The first-order valence-electron chi connectivity index (χ1n) is 6.62. The van der Waals surface area contributed by atoms with Gasteiger partial charge in [0.15, 0.2) is 0 Å². The van der Waals surface area contributed by atoms with Crippen LogP contribution in [0.2, 0.25) is 0 Å². The van der Waals surface area contributed by atoms with Gasteiger partial charge in [-0.05, 0) is 44.3 Å². The molecule has 0 radical (unpaired) electrons. The van der Waals surface area contributed by atoms with Crippen LogP contribution < -0.4 is 0 Å². The second-order valence-electron chi connectivity index (χ2n) is 5.74. The van der Waals surface area contributed by atoms with Crippen LogP contribution in [0.5, 0.6) is 0 Å². The van der Waals surface area contributed by atoms with Crippen molar-refractivity contribution in [1.29, 1.82) is 0 Å². The number of aliphatic hydroxyl groups is 1. The molecule has 6 heteroatoms. The number of carbonyl (C=O) groups excluding carboxylic acids is 1. The fourth-order valence-electron chi connectivity index (χ4n) is 2.06. The number of nitrogens with zero attached hydrogens (tertiary/aromatic N) is 2. The summed E-state index contributed by atoms with van der Waals surface area (Å²) >= 11 is 1.29. The van der Waals surface area contributed by atoms with Gasteiger partial charge in [0, 0.05) is 24.8 Å². The quantitative estimate of drug-likeness (QED) is 0.911. The van der Waals surface area contributed by atoms with Crippen LogP contribution in [-0.4, -0.2) is 39.2 Å². The molecule has 2 heterocycles. The Hall–Kier alpha value is -1.40. The average molecular weight is 296 g/mol. The topological polar surface area (TPSA) is 62.7 Å². The predicted molar refractivity (Wildman–Crippen MR) is 78.4 cm³/mol. The SMILES string of the molecule is CC(C)(C)OC(=O)N1CCC=C(c2cnsc2CO)C1. The molecule has 1 amide bonds. The Morgan fingerprint density at radius 3 is 2.95 bits per heavy atom. The lowest BCUT2D eigenvalue weighted by atomic mass is 10.0. The minimum absolute atomic E-state index is 0.0240. The van der Waals surface area contributed by atoms with E-state index in [1.165, 1.54) is 11.5 Å². The highest BCUT2D eigenvalue weighted by atomic mass is 32.1. The smallest absolute Gasteiger partial charge is 0.410 e. The van der Waals surface area contributed by atoms with E-state index in [4.69, 9.17) is 4.74 Å². The first-order chi connectivity index (χ1) is 9.40. The van der Waals surface area contributed by atoms with E-state index in [2.05, 4.69) is 10.4 Å². The Kier molecular flexibility index (Phi) is 4.45. The van der Waals surface area contributed by atoms with E-state index in [9.17, 15) is 9.90 Å². The van der Waals surface area contributed by atoms with Crippen LogP contribution in [0.3, 0.4) is 0 Å². The maximum atomic E-state index is 12.1. The van der Waals surface area contributed by atoms with Gasteiger partial charge in [0.25, 0.3) is 0 Å². The molecule has 20 heavy (non-hydrogen) atoms. The van der Waals surface area contributed by atoms with E-state index in [0.29, 0.717) is 13.1 Å². The monoisotopic (exact) mass is 296 g/mol. The van der Waals surface area contributed by atoms with Crippen molar-refractivity contribution in [1.82, 2.24) is 9.27 Å². The first-order valence-corrected chi connectivity index (χ1v) is 7.40. The minimum Gasteiger partial charge on any atom is -0.444 e. The maximum Gasteiger partial charge on any atom is 0.410 e. The van der Waals surface area contributed by atoms with Crippen molar-refractivity contribution in [3.8, 4) is 0 Å². The molecule has 0 unspecified atom stereocenters. The van der Waals surface area contributed by atoms with Gasteiger partial charge in [-0.2, -0.15) is 0 Å². The Labute approximate surface area is 123 Å². The molecule has 0 aliphatic carbocycles. The second-order valence-corrected chi connectivity index (χ2v) is 6.63. The average Bonchev–Trinajstić information content (AvgIpc) is 2.85. The molecule has 1 aliphatic rings. The third-order valence-electron chi connectivity index (χ3n) is 2.94. The molecule has 2 rings (SSSR count). The van der Waals surface area contributed by atoms with Gasteiger partial charge >= 0.3 is 6.09 Å². The molecule has 0 bridgehead atoms. The summed E-state index contributed by atoms with van der Waals surface area (Å²) in [5.41, 5.74) is 1.48. The summed E-state index contributed by atoms with van der Waals surface area (Å²) in [5.74, 6) is 0. The van der Waals surface area contributed by atoms with E-state index in [1.807, 2.05) is 20.8 Å². The van der Waals surface area contributed by atoms with Crippen molar-refractivity contribution >= 4 is 23.2 Å². The van der Waals surface area contributed by atoms with Gasteiger partial charge in [0.05, 0.1) is 11.5 Å². The van der Waals surface area contributed by atoms with Crippen LogP contribution in [-0.2, 0) is 11.3 Å². The van der Waals surface area contributed by atoms with Crippen LogP contribution in [0.1, 0.15) is 37.6 Å². The van der Waals surface area contributed by atoms with Crippen LogP contribution in [0.4, 0.5) is 4.79 Å². The molecule has 5 nitrogen and oxygen atoms in total. The summed E-state index contributed by atoms with van der Waals surface area (Å²) in [6.07, 6.45) is 4.34. The van der Waals surface area contributed by atoms with Crippen LogP contribution >= 0.6 is 11.5 Å². The lowest BCUT2D eigenvalue weighted by Gasteiger charge is -2.30. The van der Waals surface area contributed by atoms with Gasteiger partial charge in [-0.1, -0.05) is 6.08 Å². The van der Waals surface area contributed by atoms with Crippen molar-refractivity contribution in [2.45, 2.75) is 39.4 Å². The Morgan fingerprint density at radius 1 is 1.55 bits per heavy atom. The van der Waals surface area contributed by atoms with Crippen molar-refractivity contribution in [3.05, 3.63) is 22.7 Å². The molecule has 1 aromatic heterocycles. The normalized spacial score (nSPS) is 16.0. The summed E-state index contributed by atoms with van der Waals surface area (Å²) in [5, 5.41) is 9.30. The highest BCUT2D eigenvalue weighted by Crippen LogP contribution is 2.27. The molecule has 0 spiro atoms. The van der Waals surface area contributed by atoms with Gasteiger partial charge in [0.2, 0.25) is 0 Å². The van der Waals surface area contributed by atoms with Gasteiger partial charge < -0.3 is 14.7 Å². The lowest BCUT2D eigenvalue weighted by molar-refractivity contribution is 0.0273. The Balaban J connectivity index is 2.09. The molecule has 0 aromatic carbocycles. The molecule has 0 fully saturated rings. The zero-order valence-electron chi connectivity index (χ0n) is 12.0. The van der Waals surface area contributed by atoms with E-state index in [-0.39, 0.29) is 12.7 Å². The summed E-state index contributed by atoms with van der Waals surface area (Å²) in [4.78, 5) is 14.6. The van der Waals surface area contributed by atoms with Gasteiger partial charge in [-0.25, -0.2) is 9.17 Å². The predicted octanol–water partition coefficient (Wildman–Crippen LogP) is 2.66. The van der Waals surface area contributed by atoms with Gasteiger partial charge in [-0.15, -0.1) is 0 Å². The maximum absolute atomic E-state index is 12.1. The standard InChI is InChI=1S/C14H20N2O3S/c1-14(2,3)19-13(18)16-6-4-5-10(8-16)11-7-15-20-12(11)9-17/h5,7,17H,4,6,8-9H2,1-3H3. The summed E-state index contributed by atoms with van der Waals surface area (Å²) in [6.45, 7) is 6.71. The van der Waals surface area contributed by atoms with Gasteiger partial charge in [-0.3, -0.25) is 0 Å². The van der Waals surface area contributed by atoms with Crippen LogP contribution in [0.25, 0.3) is 5.57 Å². The molecule has 0 saturated carbocycles. The highest BCUT2D eigenvalue weighted by Gasteiger charge is 2.25. The van der Waals surface area contributed by atoms with E-state index in [0.717, 1.165) is 22.4 Å². The molecule has 110 valence electrons. The van der Waals surface area contributed by atoms with Crippen molar-refractivity contribution < 1.29 is 14.6 Å². The zero-order chi connectivity index (χ0) is 14.8. The number of ether oxygens (including phenoxy) is 1. The van der Waals surface area contributed by atoms with E-state index < -0.39 is 5.60 Å². The number of aromatic nitrogens is 1. The van der Waals surface area contributed by atoms with Crippen molar-refractivity contribution in [2.75, 3.05) is 13.1 Å². The van der Waals surface area contributed by atoms with Crippen molar-refractivity contribution in [3.63, 3.8) is 0 Å². The second kappa shape index (κ2) is 5.93. The highest BCUT2D eigenvalue weighted by molar-refractivity contribution is 7.06. The molecule has 1 aliphatic heterocycles. The fourth-order valence-corrected chi connectivity index (χ4v) is 2.69. The number of rotatable bonds is 2. The molecule has 1 aromatic rings. The lowest BCUT2D eigenvalue weighted by Crippen LogP contribution is -2.39. The molecular formula is C14H20N2O3S. The molecule has 0 saturated heterocycles. The summed E-state index contributed by atoms with van der Waals surface area (Å²) < 4.78 is 9.50. The Bertz CT molecular complexity index is 517. The largest absolute Gasteiger partial charge is 0.444 e. The first kappa shape index (κ1) is 15.0. The van der Waals surface area contributed by atoms with Gasteiger partial charge in [0.1, 0.15) is 5.60 Å². The zero-order valence-corrected chi connectivity index (χ0v) is 12.9. The van der Waals surface area contributed by atoms with Crippen molar-refractivity contribution in [2.24, 2.45) is 0 Å². The fraction of sp³-hybridized carbons (Fsp3) is 0.571. The number of aliphatic hydroxyl groups excluding tert-OH is 1. The minimum atomic E-state index is -0.487. The number of amides is 1. The molecule has 0 atom stereocenters. The third kappa shape index (κ3) is 3.58. The molecular weight excluding hydrogens is 276 g/mol. The number of hydrogen-bond acceptors (Lipinski definition) is 5. The van der Waals surface area contributed by atoms with E-state index in [1.54, 1.807) is 11.1 Å². The number of hydrogen-bond donors (Lipinski definition) is 1.